The van der Waals surface area contributed by atoms with Gasteiger partial charge in [-0.25, -0.2) is 15.0 Å². The van der Waals surface area contributed by atoms with Crippen molar-refractivity contribution in [1.82, 2.24) is 24.1 Å². The molecular formula is C55H35N5. The molecule has 60 heavy (non-hydrogen) atoms. The molecule has 280 valence electrons. The second kappa shape index (κ2) is 13.8. The molecule has 0 spiro atoms. The van der Waals surface area contributed by atoms with Gasteiger partial charge >= 0.3 is 0 Å². The van der Waals surface area contributed by atoms with Crippen LogP contribution < -0.4 is 0 Å². The monoisotopic (exact) mass is 765 g/mol. The van der Waals surface area contributed by atoms with E-state index < -0.39 is 0 Å². The highest BCUT2D eigenvalue weighted by atomic mass is 15.0. The highest BCUT2D eigenvalue weighted by molar-refractivity contribution is 6.19. The van der Waals surface area contributed by atoms with Crippen LogP contribution >= 0.6 is 0 Å². The zero-order valence-electron chi connectivity index (χ0n) is 32.4. The van der Waals surface area contributed by atoms with Gasteiger partial charge in [0.25, 0.3) is 0 Å². The summed E-state index contributed by atoms with van der Waals surface area (Å²) in [6, 6.07) is 75.3. The van der Waals surface area contributed by atoms with Crippen molar-refractivity contribution >= 4 is 54.4 Å². The van der Waals surface area contributed by atoms with Crippen molar-refractivity contribution in [3.05, 3.63) is 212 Å². The van der Waals surface area contributed by atoms with Gasteiger partial charge in [-0.1, -0.05) is 164 Å². The van der Waals surface area contributed by atoms with Gasteiger partial charge in [0.1, 0.15) is 0 Å². The zero-order chi connectivity index (χ0) is 39.6. The summed E-state index contributed by atoms with van der Waals surface area (Å²) in [5, 5.41) is 7.15. The Labute approximate surface area is 346 Å². The fourth-order valence-corrected chi connectivity index (χ4v) is 8.96. The molecule has 9 aromatic carbocycles. The molecule has 5 nitrogen and oxygen atoms in total. The van der Waals surface area contributed by atoms with E-state index >= 15 is 0 Å². The summed E-state index contributed by atoms with van der Waals surface area (Å²) >= 11 is 0. The number of hydrogen-bond donors (Lipinski definition) is 0. The highest BCUT2D eigenvalue weighted by Gasteiger charge is 2.20. The lowest BCUT2D eigenvalue weighted by Gasteiger charge is -2.14. The lowest BCUT2D eigenvalue weighted by molar-refractivity contribution is 1.07. The number of benzene rings is 9. The Morgan fingerprint density at radius 3 is 1.43 bits per heavy atom. The van der Waals surface area contributed by atoms with Gasteiger partial charge in [-0.15, -0.1) is 0 Å². The molecule has 12 rings (SSSR count). The van der Waals surface area contributed by atoms with Crippen molar-refractivity contribution in [2.45, 2.75) is 0 Å². The van der Waals surface area contributed by atoms with Crippen LogP contribution in [-0.4, -0.2) is 24.1 Å². The molecule has 12 aromatic rings. The number of fused-ring (bicyclic) bond motifs is 7. The summed E-state index contributed by atoms with van der Waals surface area (Å²) in [4.78, 5) is 15.0. The maximum absolute atomic E-state index is 5.03. The number of para-hydroxylation sites is 2. The molecule has 0 amide bonds. The number of hydrogen-bond acceptors (Lipinski definition) is 3. The lowest BCUT2D eigenvalue weighted by Crippen LogP contribution is -2.00. The molecule has 0 N–H and O–H groups in total. The number of aromatic nitrogens is 5. The standard InChI is InChI=1S/C55H35N5/c1-4-16-36(17-5-1)39-22-14-24-42(33-39)59-49-27-12-10-25-44(49)46-34-47-45-26-11-13-28-50(45)60(52(47)35-51(46)59)48-29-15-23-40-32-41(30-31-43(40)48)55-57-53(37-18-6-2-7-19-37)56-54(58-55)38-20-8-3-9-21-38/h1-35H. The third-order valence-corrected chi connectivity index (χ3v) is 11.7. The van der Waals surface area contributed by atoms with Gasteiger partial charge in [-0.3, -0.25) is 0 Å². The van der Waals surface area contributed by atoms with Crippen LogP contribution in [0.15, 0.2) is 212 Å². The minimum Gasteiger partial charge on any atom is -0.309 e. The van der Waals surface area contributed by atoms with Crippen LogP contribution in [0, 0.1) is 0 Å². The molecule has 0 saturated carbocycles. The van der Waals surface area contributed by atoms with Gasteiger partial charge in [-0.2, -0.15) is 0 Å². The van der Waals surface area contributed by atoms with E-state index in [0.717, 1.165) is 49.9 Å². The fourth-order valence-electron chi connectivity index (χ4n) is 8.96. The van der Waals surface area contributed by atoms with Crippen LogP contribution in [0.1, 0.15) is 0 Å². The lowest BCUT2D eigenvalue weighted by atomic mass is 10.0. The first-order valence-electron chi connectivity index (χ1n) is 20.3. The molecule has 5 heteroatoms. The normalized spacial score (nSPS) is 11.7. The van der Waals surface area contributed by atoms with Crippen LogP contribution in [0.25, 0.3) is 111 Å². The van der Waals surface area contributed by atoms with E-state index in [2.05, 4.69) is 161 Å². The maximum Gasteiger partial charge on any atom is 0.164 e. The highest BCUT2D eigenvalue weighted by Crippen LogP contribution is 2.41. The summed E-state index contributed by atoms with van der Waals surface area (Å²) in [5.41, 5.74) is 12.1. The average Bonchev–Trinajstić information content (AvgIpc) is 3.83. The largest absolute Gasteiger partial charge is 0.309 e. The van der Waals surface area contributed by atoms with Crippen LogP contribution in [-0.2, 0) is 0 Å². The SMILES string of the molecule is c1ccc(-c2cccc(-n3c4ccccc4c4cc5c6ccccc6n(-c6cccc7cc(-c8nc(-c9ccccc9)nc(-c9ccccc9)n8)ccc67)c5cc43)c2)cc1. The minimum atomic E-state index is 0.637. The van der Waals surface area contributed by atoms with E-state index in [9.17, 15) is 0 Å². The van der Waals surface area contributed by atoms with E-state index in [4.69, 9.17) is 15.0 Å². The van der Waals surface area contributed by atoms with Crippen LogP contribution in [0.5, 0.6) is 0 Å². The predicted octanol–water partition coefficient (Wildman–Crippen LogP) is 13.9. The molecule has 3 aromatic heterocycles. The van der Waals surface area contributed by atoms with E-state index in [1.54, 1.807) is 0 Å². The molecule has 0 unspecified atom stereocenters. The Morgan fingerprint density at radius 2 is 0.783 bits per heavy atom. The van der Waals surface area contributed by atoms with E-state index in [-0.39, 0.29) is 0 Å². The van der Waals surface area contributed by atoms with Crippen molar-refractivity contribution in [2.24, 2.45) is 0 Å². The van der Waals surface area contributed by atoms with Crippen molar-refractivity contribution in [1.29, 1.82) is 0 Å². The zero-order valence-corrected chi connectivity index (χ0v) is 32.4. The van der Waals surface area contributed by atoms with Crippen molar-refractivity contribution in [3.63, 3.8) is 0 Å². The molecule has 0 radical (unpaired) electrons. The molecule has 3 heterocycles. The summed E-state index contributed by atoms with van der Waals surface area (Å²) in [6.45, 7) is 0. The molecule has 0 aliphatic heterocycles. The Kier molecular flexibility index (Phi) is 7.78. The van der Waals surface area contributed by atoms with Crippen LogP contribution in [0.3, 0.4) is 0 Å². The van der Waals surface area contributed by atoms with Gasteiger partial charge in [-0.05, 0) is 65.0 Å². The Balaban J connectivity index is 1.07. The molecule has 0 aliphatic carbocycles. The third kappa shape index (κ3) is 5.52. The molecule has 0 bridgehead atoms. The smallest absolute Gasteiger partial charge is 0.164 e. The molecule has 0 saturated heterocycles. The van der Waals surface area contributed by atoms with E-state index in [1.165, 1.54) is 43.7 Å². The van der Waals surface area contributed by atoms with Crippen molar-refractivity contribution in [3.8, 4) is 56.7 Å². The van der Waals surface area contributed by atoms with Crippen molar-refractivity contribution < 1.29 is 0 Å². The second-order valence-corrected chi connectivity index (χ2v) is 15.3. The third-order valence-electron chi connectivity index (χ3n) is 11.7. The van der Waals surface area contributed by atoms with Crippen molar-refractivity contribution in [2.75, 3.05) is 0 Å². The van der Waals surface area contributed by atoms with Crippen LogP contribution in [0.4, 0.5) is 0 Å². The Hall–Kier alpha value is -8.15. The van der Waals surface area contributed by atoms with Gasteiger partial charge in [0, 0.05) is 49.3 Å². The van der Waals surface area contributed by atoms with Crippen LogP contribution in [0.2, 0.25) is 0 Å². The Morgan fingerprint density at radius 1 is 0.267 bits per heavy atom. The first-order chi connectivity index (χ1) is 29.7. The Bertz CT molecular complexity index is 3530. The van der Waals surface area contributed by atoms with Gasteiger partial charge in [0.05, 0.1) is 27.8 Å². The first-order valence-corrected chi connectivity index (χ1v) is 20.3. The molecular weight excluding hydrogens is 731 g/mol. The predicted molar refractivity (Wildman–Crippen MR) is 248 cm³/mol. The molecule has 0 atom stereocenters. The summed E-state index contributed by atoms with van der Waals surface area (Å²) in [7, 11) is 0. The number of rotatable bonds is 6. The van der Waals surface area contributed by atoms with Gasteiger partial charge < -0.3 is 9.13 Å². The van der Waals surface area contributed by atoms with E-state index in [1.807, 2.05) is 60.7 Å². The van der Waals surface area contributed by atoms with Gasteiger partial charge in [0.15, 0.2) is 17.5 Å². The van der Waals surface area contributed by atoms with E-state index in [0.29, 0.717) is 17.5 Å². The summed E-state index contributed by atoms with van der Waals surface area (Å²) < 4.78 is 4.87. The van der Waals surface area contributed by atoms with Gasteiger partial charge in [0.2, 0.25) is 0 Å². The topological polar surface area (TPSA) is 48.5 Å². The summed E-state index contributed by atoms with van der Waals surface area (Å²) in [5.74, 6) is 1.93. The molecule has 0 aliphatic rings. The summed E-state index contributed by atoms with van der Waals surface area (Å²) in [6.07, 6.45) is 0. The second-order valence-electron chi connectivity index (χ2n) is 15.3. The number of nitrogens with zero attached hydrogens (tertiary/aromatic N) is 5. The average molecular weight is 766 g/mol. The first kappa shape index (κ1) is 33.9. The quantitative estimate of drug-likeness (QED) is 0.169. The molecule has 0 fully saturated rings. The fraction of sp³-hybridized carbons (Fsp3) is 0. The minimum absolute atomic E-state index is 0.637. The maximum atomic E-state index is 5.03.